The summed E-state index contributed by atoms with van der Waals surface area (Å²) in [5, 5.41) is 0.556. The Morgan fingerprint density at radius 1 is 1.22 bits per heavy atom. The molecule has 2 aromatic carbocycles. The zero-order valence-electron chi connectivity index (χ0n) is 12.9. The first-order valence-corrected chi connectivity index (χ1v) is 8.45. The van der Waals surface area contributed by atoms with Gasteiger partial charge >= 0.3 is 0 Å². The highest BCUT2D eigenvalue weighted by atomic mass is 35.5. The van der Waals surface area contributed by atoms with Crippen LogP contribution in [0.1, 0.15) is 18.9 Å². The largest absolute Gasteiger partial charge is 0.314 e. The minimum Gasteiger partial charge on any atom is -0.314 e. The number of carbonyl (C=O) groups excluding carboxylic acids is 2. The van der Waals surface area contributed by atoms with Crippen molar-refractivity contribution in [3.05, 3.63) is 59.1 Å². The molecule has 0 unspecified atom stereocenters. The zero-order valence-corrected chi connectivity index (χ0v) is 14.4. The lowest BCUT2D eigenvalue weighted by Gasteiger charge is -2.22. The van der Waals surface area contributed by atoms with Crippen LogP contribution in [0.2, 0.25) is 5.02 Å². The van der Waals surface area contributed by atoms with E-state index in [1.807, 2.05) is 43.3 Å². The molecule has 0 saturated heterocycles. The average molecular weight is 346 g/mol. The van der Waals surface area contributed by atoms with Crippen LogP contribution in [0.3, 0.4) is 0 Å². The molecule has 0 radical (unpaired) electrons. The summed E-state index contributed by atoms with van der Waals surface area (Å²) in [6.45, 7) is 1.83. The molecule has 5 heteroatoms. The van der Waals surface area contributed by atoms with E-state index < -0.39 is 5.41 Å². The van der Waals surface area contributed by atoms with Gasteiger partial charge in [-0.05, 0) is 36.8 Å². The second-order valence-electron chi connectivity index (χ2n) is 5.82. The minimum absolute atomic E-state index is 0.0248. The predicted molar refractivity (Wildman–Crippen MR) is 94.1 cm³/mol. The van der Waals surface area contributed by atoms with Crippen LogP contribution in [0.4, 0.5) is 5.69 Å². The van der Waals surface area contributed by atoms with E-state index in [9.17, 15) is 9.59 Å². The first-order valence-electron chi connectivity index (χ1n) is 7.26. The topological polar surface area (TPSA) is 37.4 Å². The van der Waals surface area contributed by atoms with Crippen LogP contribution in [-0.4, -0.2) is 18.1 Å². The summed E-state index contributed by atoms with van der Waals surface area (Å²) in [7, 11) is 1.72. The summed E-state index contributed by atoms with van der Waals surface area (Å²) in [6, 6.07) is 14.9. The van der Waals surface area contributed by atoms with Crippen LogP contribution in [0.15, 0.2) is 53.4 Å². The third-order valence-corrected chi connectivity index (χ3v) is 5.28. The Kier molecular flexibility index (Phi) is 4.21. The van der Waals surface area contributed by atoms with Crippen LogP contribution < -0.4 is 4.90 Å². The maximum absolute atomic E-state index is 12.7. The summed E-state index contributed by atoms with van der Waals surface area (Å²) in [5.74, 6) is -0.0724. The van der Waals surface area contributed by atoms with E-state index in [0.29, 0.717) is 5.02 Å². The number of halogens is 1. The van der Waals surface area contributed by atoms with Gasteiger partial charge in [-0.2, -0.15) is 0 Å². The number of carbonyl (C=O) groups is 2. The number of amides is 1. The predicted octanol–water partition coefficient (Wildman–Crippen LogP) is 4.28. The number of fused-ring (bicyclic) bond motifs is 1. The molecule has 0 aromatic heterocycles. The molecule has 23 heavy (non-hydrogen) atoms. The molecule has 118 valence electrons. The smallest absolute Gasteiger partial charge is 0.237 e. The average Bonchev–Trinajstić information content (AvgIpc) is 2.70. The van der Waals surface area contributed by atoms with Crippen molar-refractivity contribution in [3.63, 3.8) is 0 Å². The van der Waals surface area contributed by atoms with E-state index in [2.05, 4.69) is 0 Å². The Balaban J connectivity index is 1.87. The fraction of sp³-hybridized carbons (Fsp3) is 0.222. The molecule has 0 saturated carbocycles. The van der Waals surface area contributed by atoms with E-state index >= 15 is 0 Å². The van der Waals surface area contributed by atoms with Crippen LogP contribution in [0.25, 0.3) is 0 Å². The Morgan fingerprint density at radius 2 is 1.91 bits per heavy atom. The van der Waals surface area contributed by atoms with Crippen molar-refractivity contribution in [2.45, 2.75) is 23.7 Å². The van der Waals surface area contributed by atoms with Gasteiger partial charge in [0.2, 0.25) is 5.91 Å². The SMILES string of the molecule is CN1C(=O)[C@@](C)(CC(=O)Sc2ccccc2)c2ccc(Cl)cc21. The van der Waals surface area contributed by atoms with Gasteiger partial charge in [0.1, 0.15) is 0 Å². The standard InChI is InChI=1S/C18H16ClNO2S/c1-18(11-16(21)23-13-6-4-3-5-7-13)14-9-8-12(19)10-15(14)20(2)17(18)22/h3-10H,11H2,1-2H3/t18-/m0/s1. The Bertz CT molecular complexity index is 778. The molecule has 3 rings (SSSR count). The van der Waals surface area contributed by atoms with Gasteiger partial charge in [0.25, 0.3) is 0 Å². The number of benzene rings is 2. The number of anilines is 1. The van der Waals surface area contributed by atoms with E-state index in [0.717, 1.165) is 16.1 Å². The molecule has 1 aliphatic heterocycles. The molecule has 1 atom stereocenters. The highest BCUT2D eigenvalue weighted by Crippen LogP contribution is 2.45. The molecule has 0 spiro atoms. The van der Waals surface area contributed by atoms with Gasteiger partial charge in [-0.25, -0.2) is 0 Å². The number of nitrogens with zero attached hydrogens (tertiary/aromatic N) is 1. The summed E-state index contributed by atoms with van der Waals surface area (Å²) in [6.07, 6.45) is 0.157. The third-order valence-electron chi connectivity index (χ3n) is 4.17. The first-order chi connectivity index (χ1) is 10.9. The highest BCUT2D eigenvalue weighted by molar-refractivity contribution is 8.13. The fourth-order valence-electron chi connectivity index (χ4n) is 2.96. The van der Waals surface area contributed by atoms with E-state index in [4.69, 9.17) is 11.6 Å². The normalized spacial score (nSPS) is 19.8. The maximum atomic E-state index is 12.7. The molecular formula is C18H16ClNO2S. The quantitative estimate of drug-likeness (QED) is 0.779. The number of rotatable bonds is 3. The molecule has 0 aliphatic carbocycles. The van der Waals surface area contributed by atoms with Crippen molar-refractivity contribution in [1.82, 2.24) is 0 Å². The van der Waals surface area contributed by atoms with Crippen molar-refractivity contribution in [1.29, 1.82) is 0 Å². The maximum Gasteiger partial charge on any atom is 0.237 e. The molecule has 0 fully saturated rings. The van der Waals surface area contributed by atoms with Crippen molar-refractivity contribution in [3.8, 4) is 0 Å². The summed E-state index contributed by atoms with van der Waals surface area (Å²) in [4.78, 5) is 27.6. The molecule has 2 aromatic rings. The van der Waals surface area contributed by atoms with Crippen LogP contribution in [0.5, 0.6) is 0 Å². The summed E-state index contributed by atoms with van der Waals surface area (Å²) >= 11 is 7.21. The van der Waals surface area contributed by atoms with Gasteiger partial charge in [-0.1, -0.05) is 47.6 Å². The first kappa shape index (κ1) is 16.1. The van der Waals surface area contributed by atoms with Crippen molar-refractivity contribution in [2.24, 2.45) is 0 Å². The molecule has 0 bridgehead atoms. The minimum atomic E-state index is -0.840. The van der Waals surface area contributed by atoms with Crippen molar-refractivity contribution in [2.75, 3.05) is 11.9 Å². The van der Waals surface area contributed by atoms with E-state index in [-0.39, 0.29) is 17.4 Å². The zero-order chi connectivity index (χ0) is 16.6. The molecular weight excluding hydrogens is 330 g/mol. The van der Waals surface area contributed by atoms with Crippen LogP contribution in [-0.2, 0) is 15.0 Å². The van der Waals surface area contributed by atoms with E-state index in [1.165, 1.54) is 11.8 Å². The number of thioether (sulfide) groups is 1. The second-order valence-corrected chi connectivity index (χ2v) is 7.39. The molecule has 0 N–H and O–H groups in total. The number of hydrogen-bond acceptors (Lipinski definition) is 3. The second kappa shape index (κ2) is 6.02. The lowest BCUT2D eigenvalue weighted by Crippen LogP contribution is -2.37. The Morgan fingerprint density at radius 3 is 2.61 bits per heavy atom. The van der Waals surface area contributed by atoms with Gasteiger partial charge in [0.05, 0.1) is 5.41 Å². The lowest BCUT2D eigenvalue weighted by atomic mass is 9.81. The van der Waals surface area contributed by atoms with Gasteiger partial charge in [-0.3, -0.25) is 9.59 Å². The Hall–Kier alpha value is -1.78. The van der Waals surface area contributed by atoms with Gasteiger partial charge < -0.3 is 4.90 Å². The summed E-state index contributed by atoms with van der Waals surface area (Å²) < 4.78 is 0. The molecule has 1 heterocycles. The third kappa shape index (κ3) is 2.89. The van der Waals surface area contributed by atoms with Crippen LogP contribution >= 0.6 is 23.4 Å². The van der Waals surface area contributed by atoms with Gasteiger partial charge in [-0.15, -0.1) is 0 Å². The highest BCUT2D eigenvalue weighted by Gasteiger charge is 2.47. The van der Waals surface area contributed by atoms with E-state index in [1.54, 1.807) is 24.1 Å². The molecule has 1 amide bonds. The number of likely N-dealkylation sites (N-methyl/N-ethyl adjacent to an activating group) is 1. The fourth-order valence-corrected chi connectivity index (χ4v) is 4.04. The van der Waals surface area contributed by atoms with Crippen molar-refractivity contribution >= 4 is 40.1 Å². The van der Waals surface area contributed by atoms with Crippen LogP contribution in [0, 0.1) is 0 Å². The Labute approximate surface area is 144 Å². The van der Waals surface area contributed by atoms with Crippen molar-refractivity contribution < 1.29 is 9.59 Å². The van der Waals surface area contributed by atoms with Gasteiger partial charge in [0.15, 0.2) is 5.12 Å². The van der Waals surface area contributed by atoms with Gasteiger partial charge in [0, 0.05) is 29.1 Å². The summed E-state index contributed by atoms with van der Waals surface area (Å²) in [5.41, 5.74) is 0.798. The number of hydrogen-bond donors (Lipinski definition) is 0. The lowest BCUT2D eigenvalue weighted by molar-refractivity contribution is -0.125. The molecule has 3 nitrogen and oxygen atoms in total. The monoisotopic (exact) mass is 345 g/mol. The molecule has 1 aliphatic rings.